The van der Waals surface area contributed by atoms with E-state index in [2.05, 4.69) is 38.3 Å². The van der Waals surface area contributed by atoms with Gasteiger partial charge >= 0.3 is 13.1 Å². The molecule has 1 aliphatic heterocycles. The average molecular weight is 395 g/mol. The van der Waals surface area contributed by atoms with Crippen LogP contribution in [0.5, 0.6) is 0 Å². The van der Waals surface area contributed by atoms with Gasteiger partial charge in [0.15, 0.2) is 0 Å². The van der Waals surface area contributed by atoms with Crippen LogP contribution in [0.15, 0.2) is 54.2 Å². The van der Waals surface area contributed by atoms with Crippen LogP contribution in [0.1, 0.15) is 51.4 Å². The van der Waals surface area contributed by atoms with Crippen LogP contribution in [0, 0.1) is 0 Å². The number of methoxy groups -OCH3 is 1. The van der Waals surface area contributed by atoms with Gasteiger partial charge in [0, 0.05) is 18.1 Å². The van der Waals surface area contributed by atoms with Crippen LogP contribution < -0.4 is 0 Å². The third kappa shape index (κ3) is 4.19. The summed E-state index contributed by atoms with van der Waals surface area (Å²) >= 11 is 0. The minimum absolute atomic E-state index is 0.321. The fourth-order valence-corrected chi connectivity index (χ4v) is 3.51. The van der Waals surface area contributed by atoms with Gasteiger partial charge in [0.1, 0.15) is 0 Å². The highest BCUT2D eigenvalue weighted by Gasteiger charge is 2.51. The first-order valence-electron chi connectivity index (χ1n) is 10.0. The van der Waals surface area contributed by atoms with Gasteiger partial charge in [-0.05, 0) is 58.6 Å². The highest BCUT2D eigenvalue weighted by atomic mass is 16.7. The largest absolute Gasteiger partial charge is 0.494 e. The summed E-state index contributed by atoms with van der Waals surface area (Å²) < 4.78 is 19.4. The van der Waals surface area contributed by atoms with Crippen molar-refractivity contribution < 1.29 is 18.8 Å². The molecule has 1 aromatic carbocycles. The lowest BCUT2D eigenvalue weighted by Gasteiger charge is -2.32. The van der Waals surface area contributed by atoms with Crippen LogP contribution in [0.3, 0.4) is 0 Å². The van der Waals surface area contributed by atoms with Crippen LogP contribution in [0.2, 0.25) is 0 Å². The van der Waals surface area contributed by atoms with E-state index in [0.717, 1.165) is 29.3 Å². The number of carbonyl (C=O) groups is 1. The van der Waals surface area contributed by atoms with Gasteiger partial charge in [0.25, 0.3) is 0 Å². The average Bonchev–Trinajstić information content (AvgIpc) is 3.18. The first-order chi connectivity index (χ1) is 13.7. The molecule has 0 saturated carbocycles. The van der Waals surface area contributed by atoms with Crippen molar-refractivity contribution in [1.29, 1.82) is 0 Å². The lowest BCUT2D eigenvalue weighted by atomic mass is 9.77. The number of hydrogen-bond donors (Lipinski definition) is 0. The van der Waals surface area contributed by atoms with Crippen molar-refractivity contribution in [2.45, 2.75) is 58.8 Å². The number of esters is 1. The normalized spacial score (nSPS) is 18.7. The van der Waals surface area contributed by atoms with Crippen LogP contribution in [0.4, 0.5) is 0 Å². The van der Waals surface area contributed by atoms with Gasteiger partial charge in [-0.3, -0.25) is 0 Å². The molecule has 0 N–H and O–H groups in total. The van der Waals surface area contributed by atoms with Crippen molar-refractivity contribution in [3.05, 3.63) is 59.7 Å². The molecule has 29 heavy (non-hydrogen) atoms. The zero-order valence-electron chi connectivity index (χ0n) is 18.2. The number of aromatic nitrogens is 1. The third-order valence-corrected chi connectivity index (χ3v) is 5.83. The molecule has 2 aromatic rings. The number of hydrogen-bond acceptors (Lipinski definition) is 4. The minimum Gasteiger partial charge on any atom is -0.465 e. The Hall–Kier alpha value is -2.31. The molecular weight excluding hydrogens is 365 g/mol. The molecule has 6 heteroatoms. The van der Waals surface area contributed by atoms with E-state index in [9.17, 15) is 4.79 Å². The Kier molecular flexibility index (Phi) is 6.06. The first-order valence-corrected chi connectivity index (χ1v) is 10.0. The molecule has 1 aliphatic rings. The number of rotatable bonds is 6. The molecular formula is C23H30BNO4. The molecule has 0 radical (unpaired) electrons. The maximum atomic E-state index is 12.2. The Morgan fingerprint density at radius 2 is 1.86 bits per heavy atom. The first kappa shape index (κ1) is 21.4. The van der Waals surface area contributed by atoms with Crippen LogP contribution in [0.25, 0.3) is 10.9 Å². The van der Waals surface area contributed by atoms with Crippen molar-refractivity contribution in [3.63, 3.8) is 0 Å². The summed E-state index contributed by atoms with van der Waals surface area (Å²) in [4.78, 5) is 12.2. The molecule has 1 saturated heterocycles. The number of aryl methyl sites for hydroxylation is 1. The topological polar surface area (TPSA) is 49.7 Å². The van der Waals surface area contributed by atoms with Crippen LogP contribution in [-0.4, -0.2) is 36.0 Å². The van der Waals surface area contributed by atoms with E-state index < -0.39 is 0 Å². The summed E-state index contributed by atoms with van der Waals surface area (Å²) in [6, 6.07) is 7.70. The molecule has 0 amide bonds. The number of ether oxygens (including phenoxy) is 1. The number of carbonyl (C=O) groups excluding carboxylic acids is 1. The lowest BCUT2D eigenvalue weighted by molar-refractivity contribution is 0.00578. The fraction of sp³-hybridized carbons (Fsp3) is 0.435. The standard InChI is InChI=1S/C23H30BNO4/c1-7-10-18(24-28-22(2,3)23(4,5)29-24)12-9-15-25-16-14-17-11-8-13-19(20(17)25)21(26)27-6/h7-8,10-14,16H,9,15H2,1-6H3/b10-7-,18-12+. The SMILES string of the molecule is C/C=C\C(=C/CCn1ccc2cccc(C(=O)OC)c21)B1OC(C)(C)C(C)(C)O1. The van der Waals surface area contributed by atoms with E-state index in [4.69, 9.17) is 14.0 Å². The van der Waals surface area contributed by atoms with Crippen LogP contribution >= 0.6 is 0 Å². The minimum atomic E-state index is -0.386. The maximum absolute atomic E-state index is 12.2. The van der Waals surface area contributed by atoms with Gasteiger partial charge in [-0.2, -0.15) is 0 Å². The molecule has 154 valence electrons. The van der Waals surface area contributed by atoms with Crippen molar-refractivity contribution in [2.75, 3.05) is 7.11 Å². The van der Waals surface area contributed by atoms with Gasteiger partial charge < -0.3 is 18.6 Å². The summed E-state index contributed by atoms with van der Waals surface area (Å²) in [7, 11) is 1.02. The van der Waals surface area contributed by atoms with Crippen molar-refractivity contribution in [2.24, 2.45) is 0 Å². The van der Waals surface area contributed by atoms with Gasteiger partial charge in [0.05, 0.1) is 29.4 Å². The van der Waals surface area contributed by atoms with Gasteiger partial charge in [-0.25, -0.2) is 4.79 Å². The zero-order valence-corrected chi connectivity index (χ0v) is 18.2. The molecule has 1 aromatic heterocycles. The van der Waals surface area contributed by atoms with Crippen molar-refractivity contribution in [3.8, 4) is 0 Å². The number of para-hydroxylation sites is 1. The molecule has 1 fully saturated rings. The summed E-state index contributed by atoms with van der Waals surface area (Å²) in [5, 5.41) is 1.02. The molecule has 0 atom stereocenters. The monoisotopic (exact) mass is 395 g/mol. The lowest BCUT2D eigenvalue weighted by Crippen LogP contribution is -2.41. The summed E-state index contributed by atoms with van der Waals surface area (Å²) in [6.45, 7) is 10.9. The molecule has 5 nitrogen and oxygen atoms in total. The molecule has 0 bridgehead atoms. The second-order valence-electron chi connectivity index (χ2n) is 8.33. The second kappa shape index (κ2) is 8.21. The highest BCUT2D eigenvalue weighted by molar-refractivity contribution is 6.55. The number of nitrogens with zero attached hydrogens (tertiary/aromatic N) is 1. The Balaban J connectivity index is 1.82. The van der Waals surface area contributed by atoms with Gasteiger partial charge in [-0.1, -0.05) is 30.4 Å². The van der Waals surface area contributed by atoms with E-state index in [-0.39, 0.29) is 24.3 Å². The molecule has 0 unspecified atom stereocenters. The molecule has 0 spiro atoms. The predicted molar refractivity (Wildman–Crippen MR) is 117 cm³/mol. The van der Waals surface area contributed by atoms with E-state index in [1.807, 2.05) is 43.5 Å². The van der Waals surface area contributed by atoms with Crippen molar-refractivity contribution in [1.82, 2.24) is 4.57 Å². The summed E-state index contributed by atoms with van der Waals surface area (Å²) in [6.07, 6.45) is 8.97. The van der Waals surface area contributed by atoms with Crippen molar-refractivity contribution >= 4 is 24.0 Å². The Morgan fingerprint density at radius 1 is 1.17 bits per heavy atom. The highest BCUT2D eigenvalue weighted by Crippen LogP contribution is 2.38. The Bertz CT molecular complexity index is 939. The fourth-order valence-electron chi connectivity index (χ4n) is 3.51. The smallest absolute Gasteiger partial charge is 0.465 e. The predicted octanol–water partition coefficient (Wildman–Crippen LogP) is 4.95. The van der Waals surface area contributed by atoms with E-state index in [0.29, 0.717) is 5.56 Å². The quantitative estimate of drug-likeness (QED) is 0.395. The van der Waals surface area contributed by atoms with E-state index in [1.54, 1.807) is 6.07 Å². The molecule has 2 heterocycles. The van der Waals surface area contributed by atoms with Crippen LogP contribution in [-0.2, 0) is 20.6 Å². The maximum Gasteiger partial charge on any atom is 0.494 e. The Morgan fingerprint density at radius 3 is 2.48 bits per heavy atom. The second-order valence-corrected chi connectivity index (χ2v) is 8.33. The zero-order chi connectivity index (χ0) is 21.2. The van der Waals surface area contributed by atoms with E-state index >= 15 is 0 Å². The third-order valence-electron chi connectivity index (χ3n) is 5.83. The van der Waals surface area contributed by atoms with Gasteiger partial charge in [0.2, 0.25) is 0 Å². The summed E-state index contributed by atoms with van der Waals surface area (Å²) in [5.74, 6) is -0.321. The van der Waals surface area contributed by atoms with Gasteiger partial charge in [-0.15, -0.1) is 0 Å². The summed E-state index contributed by atoms with van der Waals surface area (Å²) in [5.41, 5.74) is 1.75. The molecule has 0 aliphatic carbocycles. The molecule has 3 rings (SSSR count). The number of benzene rings is 1. The van der Waals surface area contributed by atoms with E-state index in [1.165, 1.54) is 7.11 Å². The Labute approximate surface area is 173 Å². The number of fused-ring (bicyclic) bond motifs is 1. The number of allylic oxidation sites excluding steroid dienone is 4.